The first kappa shape index (κ1) is 11.8. The first-order valence-electron chi connectivity index (χ1n) is 7.14. The van der Waals surface area contributed by atoms with Gasteiger partial charge in [-0.1, -0.05) is 19.3 Å². The lowest BCUT2D eigenvalue weighted by Crippen LogP contribution is -2.38. The molecule has 0 saturated heterocycles. The Bertz CT molecular complexity index is 398. The molecule has 0 aromatic carbocycles. The minimum absolute atomic E-state index is 0.295. The van der Waals surface area contributed by atoms with Crippen LogP contribution in [0.2, 0.25) is 0 Å². The number of hydrogen-bond donors (Lipinski definition) is 1. The van der Waals surface area contributed by atoms with Gasteiger partial charge >= 0.3 is 0 Å². The second kappa shape index (κ2) is 5.12. The van der Waals surface area contributed by atoms with E-state index in [-0.39, 0.29) is 0 Å². The summed E-state index contributed by atoms with van der Waals surface area (Å²) in [5.41, 5.74) is 2.36. The Balaban J connectivity index is 1.63. The maximum atomic E-state index is 12.5. The van der Waals surface area contributed by atoms with Crippen molar-refractivity contribution in [2.24, 2.45) is 5.92 Å². The Morgan fingerprint density at radius 2 is 2.00 bits per heavy atom. The van der Waals surface area contributed by atoms with Crippen LogP contribution < -0.4 is 0 Å². The van der Waals surface area contributed by atoms with E-state index in [9.17, 15) is 4.79 Å². The molecule has 3 rings (SSSR count). The lowest BCUT2D eigenvalue weighted by Gasteiger charge is -2.28. The fourth-order valence-corrected chi connectivity index (χ4v) is 3.21. The Kier molecular flexibility index (Phi) is 3.35. The predicted octanol–water partition coefficient (Wildman–Crippen LogP) is 1.92. The molecule has 18 heavy (non-hydrogen) atoms. The van der Waals surface area contributed by atoms with Crippen LogP contribution in [0.3, 0.4) is 0 Å². The molecule has 1 aromatic rings. The average molecular weight is 247 g/mol. The lowest BCUT2D eigenvalue weighted by atomic mass is 9.88. The minimum Gasteiger partial charge on any atom is -0.348 e. The predicted molar refractivity (Wildman–Crippen MR) is 69.2 cm³/mol. The zero-order valence-electron chi connectivity index (χ0n) is 10.8. The normalized spacial score (nSPS) is 21.4. The van der Waals surface area contributed by atoms with Gasteiger partial charge in [-0.25, -0.2) is 4.98 Å². The van der Waals surface area contributed by atoms with Gasteiger partial charge in [0.1, 0.15) is 0 Å². The highest BCUT2D eigenvalue weighted by atomic mass is 16.2. The van der Waals surface area contributed by atoms with Crippen molar-refractivity contribution in [2.75, 3.05) is 13.1 Å². The van der Waals surface area contributed by atoms with Crippen molar-refractivity contribution in [3.8, 4) is 0 Å². The van der Waals surface area contributed by atoms with E-state index in [1.54, 1.807) is 6.33 Å². The number of nitrogens with zero attached hydrogens (tertiary/aromatic N) is 2. The van der Waals surface area contributed by atoms with E-state index in [0.717, 1.165) is 44.5 Å². The molecule has 1 fully saturated rings. The number of H-pyrrole nitrogens is 1. The van der Waals surface area contributed by atoms with Crippen LogP contribution in [0.15, 0.2) is 6.33 Å². The quantitative estimate of drug-likeness (QED) is 0.824. The van der Waals surface area contributed by atoms with Crippen molar-refractivity contribution in [1.82, 2.24) is 14.9 Å². The summed E-state index contributed by atoms with van der Waals surface area (Å²) >= 11 is 0. The molecule has 1 aliphatic carbocycles. The minimum atomic E-state index is 0.295. The smallest absolute Gasteiger partial charge is 0.225 e. The highest BCUT2D eigenvalue weighted by Crippen LogP contribution is 2.26. The molecule has 1 N–H and O–H groups in total. The average Bonchev–Trinajstić information content (AvgIpc) is 2.78. The van der Waals surface area contributed by atoms with Gasteiger partial charge in [0.15, 0.2) is 0 Å². The van der Waals surface area contributed by atoms with Crippen LogP contribution in [0.25, 0.3) is 0 Å². The summed E-state index contributed by atoms with van der Waals surface area (Å²) in [5.74, 6) is 0.683. The lowest BCUT2D eigenvalue weighted by molar-refractivity contribution is -0.136. The fraction of sp³-hybridized carbons (Fsp3) is 0.714. The van der Waals surface area contributed by atoms with Gasteiger partial charge in [0.25, 0.3) is 0 Å². The molecular formula is C14H21N3O. The van der Waals surface area contributed by atoms with Crippen molar-refractivity contribution in [3.63, 3.8) is 0 Å². The highest BCUT2D eigenvalue weighted by molar-refractivity contribution is 5.79. The van der Waals surface area contributed by atoms with E-state index in [1.807, 2.05) is 0 Å². The van der Waals surface area contributed by atoms with Crippen LogP contribution in [0, 0.1) is 5.92 Å². The van der Waals surface area contributed by atoms with Gasteiger partial charge in [-0.2, -0.15) is 0 Å². The third-order valence-corrected chi connectivity index (χ3v) is 4.32. The molecule has 4 nitrogen and oxygen atoms in total. The van der Waals surface area contributed by atoms with E-state index in [1.165, 1.54) is 25.0 Å². The van der Waals surface area contributed by atoms with Gasteiger partial charge in [-0.15, -0.1) is 0 Å². The monoisotopic (exact) mass is 247 g/mol. The number of rotatable bonds is 1. The van der Waals surface area contributed by atoms with Crippen LogP contribution in [0.4, 0.5) is 0 Å². The van der Waals surface area contributed by atoms with Crippen LogP contribution in [-0.2, 0) is 17.6 Å². The fourth-order valence-electron chi connectivity index (χ4n) is 3.21. The van der Waals surface area contributed by atoms with Crippen LogP contribution in [0.1, 0.15) is 43.5 Å². The van der Waals surface area contributed by atoms with Crippen molar-refractivity contribution < 1.29 is 4.79 Å². The summed E-state index contributed by atoms with van der Waals surface area (Å²) in [7, 11) is 0. The zero-order chi connectivity index (χ0) is 12.4. The highest BCUT2D eigenvalue weighted by Gasteiger charge is 2.27. The topological polar surface area (TPSA) is 49.0 Å². The maximum absolute atomic E-state index is 12.5. The summed E-state index contributed by atoms with van der Waals surface area (Å²) < 4.78 is 0. The second-order valence-electron chi connectivity index (χ2n) is 5.49. The Labute approximate surface area is 108 Å². The second-order valence-corrected chi connectivity index (χ2v) is 5.49. The summed E-state index contributed by atoms with van der Waals surface area (Å²) in [6.45, 7) is 1.69. The van der Waals surface area contributed by atoms with Crippen LogP contribution in [-0.4, -0.2) is 33.9 Å². The number of imidazole rings is 1. The Morgan fingerprint density at radius 1 is 1.22 bits per heavy atom. The number of hydrogen-bond acceptors (Lipinski definition) is 2. The first-order chi connectivity index (χ1) is 8.84. The molecule has 0 atom stereocenters. The van der Waals surface area contributed by atoms with Gasteiger partial charge in [0, 0.05) is 37.5 Å². The summed E-state index contributed by atoms with van der Waals surface area (Å²) in [5, 5.41) is 0. The molecule has 2 heterocycles. The molecule has 98 valence electrons. The third-order valence-electron chi connectivity index (χ3n) is 4.32. The third kappa shape index (κ3) is 2.28. The van der Waals surface area contributed by atoms with E-state index in [0.29, 0.717) is 11.8 Å². The van der Waals surface area contributed by atoms with E-state index >= 15 is 0 Å². The van der Waals surface area contributed by atoms with Gasteiger partial charge in [0.2, 0.25) is 5.91 Å². The van der Waals surface area contributed by atoms with Gasteiger partial charge in [-0.3, -0.25) is 4.79 Å². The van der Waals surface area contributed by atoms with Crippen molar-refractivity contribution in [1.29, 1.82) is 0 Å². The molecule has 0 radical (unpaired) electrons. The molecule has 0 bridgehead atoms. The maximum Gasteiger partial charge on any atom is 0.225 e. The number of amides is 1. The number of carbonyl (C=O) groups is 1. The standard InChI is InChI=1S/C14H21N3O/c18-14(11-4-2-1-3-5-11)17-8-6-12-13(7-9-17)16-10-15-12/h10-11H,1-9H2,(H,15,16). The van der Waals surface area contributed by atoms with Crippen molar-refractivity contribution >= 4 is 5.91 Å². The van der Waals surface area contributed by atoms with Crippen LogP contribution >= 0.6 is 0 Å². The van der Waals surface area contributed by atoms with E-state index in [4.69, 9.17) is 0 Å². The number of aromatic nitrogens is 2. The molecule has 1 amide bonds. The van der Waals surface area contributed by atoms with Gasteiger partial charge in [0.05, 0.1) is 12.0 Å². The largest absolute Gasteiger partial charge is 0.348 e. The molecule has 4 heteroatoms. The molecule has 1 aliphatic heterocycles. The van der Waals surface area contributed by atoms with E-state index in [2.05, 4.69) is 14.9 Å². The molecular weight excluding hydrogens is 226 g/mol. The molecule has 0 unspecified atom stereocenters. The number of carbonyl (C=O) groups excluding carboxylic acids is 1. The van der Waals surface area contributed by atoms with Crippen molar-refractivity contribution in [3.05, 3.63) is 17.7 Å². The van der Waals surface area contributed by atoms with Crippen molar-refractivity contribution in [2.45, 2.75) is 44.9 Å². The molecule has 1 aromatic heterocycles. The molecule has 2 aliphatic rings. The summed E-state index contributed by atoms with van der Waals surface area (Å²) in [4.78, 5) is 22.1. The van der Waals surface area contributed by atoms with Gasteiger partial charge in [-0.05, 0) is 12.8 Å². The van der Waals surface area contributed by atoms with Crippen LogP contribution in [0.5, 0.6) is 0 Å². The first-order valence-corrected chi connectivity index (χ1v) is 7.14. The SMILES string of the molecule is O=C(C1CCCCC1)N1CCc2nc[nH]c2CC1. The van der Waals surface area contributed by atoms with Gasteiger partial charge < -0.3 is 9.88 Å². The zero-order valence-corrected chi connectivity index (χ0v) is 10.8. The van der Waals surface area contributed by atoms with E-state index < -0.39 is 0 Å². The molecule has 1 saturated carbocycles. The number of fused-ring (bicyclic) bond motifs is 1. The summed E-state index contributed by atoms with van der Waals surface area (Å²) in [6, 6.07) is 0. The Morgan fingerprint density at radius 3 is 2.83 bits per heavy atom. The Hall–Kier alpha value is -1.32. The molecule has 0 spiro atoms. The number of nitrogens with one attached hydrogen (secondary N) is 1. The summed E-state index contributed by atoms with van der Waals surface area (Å²) in [6.07, 6.45) is 9.54. The number of aromatic amines is 1.